The predicted molar refractivity (Wildman–Crippen MR) is 83.5 cm³/mol. The van der Waals surface area contributed by atoms with Gasteiger partial charge in [0, 0.05) is 12.6 Å². The van der Waals surface area contributed by atoms with Crippen molar-refractivity contribution in [2.45, 2.75) is 26.2 Å². The molecule has 2 aromatic rings. The lowest BCUT2D eigenvalue weighted by Gasteiger charge is -2.08. The molecule has 0 atom stereocenters. The molecule has 2 rings (SSSR count). The minimum Gasteiger partial charge on any atom is -0.496 e. The Labute approximate surface area is 125 Å². The summed E-state index contributed by atoms with van der Waals surface area (Å²) in [5, 5.41) is 2.84. The van der Waals surface area contributed by atoms with Crippen molar-refractivity contribution < 1.29 is 9.53 Å². The fourth-order valence-corrected chi connectivity index (χ4v) is 2.21. The van der Waals surface area contributed by atoms with Crippen molar-refractivity contribution in [1.82, 2.24) is 4.98 Å². The van der Waals surface area contributed by atoms with Crippen molar-refractivity contribution in [2.75, 3.05) is 12.4 Å². The van der Waals surface area contributed by atoms with Crippen LogP contribution in [0.1, 0.15) is 24.0 Å². The van der Waals surface area contributed by atoms with E-state index in [4.69, 9.17) is 4.74 Å². The number of aromatic nitrogens is 1. The Balaban J connectivity index is 1.79. The molecule has 4 heteroatoms. The zero-order valence-corrected chi connectivity index (χ0v) is 12.4. The summed E-state index contributed by atoms with van der Waals surface area (Å²) in [5.74, 6) is 0.918. The van der Waals surface area contributed by atoms with E-state index in [9.17, 15) is 4.79 Å². The molecule has 0 radical (unpaired) electrons. The second-order valence-electron chi connectivity index (χ2n) is 4.95. The summed E-state index contributed by atoms with van der Waals surface area (Å²) in [4.78, 5) is 15.8. The Bertz CT molecular complexity index is 597. The van der Waals surface area contributed by atoms with Crippen LogP contribution in [0, 0.1) is 6.92 Å². The van der Waals surface area contributed by atoms with Crippen LogP contribution in [0.5, 0.6) is 5.75 Å². The van der Waals surface area contributed by atoms with Crippen LogP contribution < -0.4 is 10.1 Å². The van der Waals surface area contributed by atoms with Crippen LogP contribution in [0.2, 0.25) is 0 Å². The Kier molecular flexibility index (Phi) is 5.32. The van der Waals surface area contributed by atoms with Crippen LogP contribution in [-0.4, -0.2) is 18.0 Å². The van der Waals surface area contributed by atoms with Crippen LogP contribution in [-0.2, 0) is 11.2 Å². The normalized spacial score (nSPS) is 10.2. The first-order chi connectivity index (χ1) is 10.2. The van der Waals surface area contributed by atoms with E-state index in [1.54, 1.807) is 25.6 Å². The highest BCUT2D eigenvalue weighted by molar-refractivity contribution is 5.90. The van der Waals surface area contributed by atoms with E-state index in [1.807, 2.05) is 25.1 Å². The van der Waals surface area contributed by atoms with Gasteiger partial charge in [0.25, 0.3) is 0 Å². The maximum absolute atomic E-state index is 11.8. The molecule has 0 bridgehead atoms. The second-order valence-corrected chi connectivity index (χ2v) is 4.95. The van der Waals surface area contributed by atoms with Gasteiger partial charge >= 0.3 is 0 Å². The number of nitrogens with zero attached hydrogens (tertiary/aromatic N) is 1. The number of nitrogens with one attached hydrogen (secondary N) is 1. The van der Waals surface area contributed by atoms with E-state index < -0.39 is 0 Å². The van der Waals surface area contributed by atoms with Gasteiger partial charge in [-0.3, -0.25) is 9.78 Å². The average molecular weight is 284 g/mol. The topological polar surface area (TPSA) is 51.2 Å². The van der Waals surface area contributed by atoms with Crippen molar-refractivity contribution in [3.8, 4) is 5.75 Å². The fraction of sp³-hybridized carbons (Fsp3) is 0.294. The first kappa shape index (κ1) is 15.0. The Morgan fingerprint density at radius 1 is 1.33 bits per heavy atom. The number of rotatable bonds is 6. The minimum atomic E-state index is 0.0215. The highest BCUT2D eigenvalue weighted by Gasteiger charge is 2.04. The summed E-state index contributed by atoms with van der Waals surface area (Å²) >= 11 is 0. The van der Waals surface area contributed by atoms with Crippen molar-refractivity contribution in [3.63, 3.8) is 0 Å². The molecule has 1 amide bonds. The van der Waals surface area contributed by atoms with E-state index in [-0.39, 0.29) is 5.91 Å². The van der Waals surface area contributed by atoms with Gasteiger partial charge < -0.3 is 10.1 Å². The smallest absolute Gasteiger partial charge is 0.224 e. The number of amides is 1. The molecule has 4 nitrogen and oxygen atoms in total. The highest BCUT2D eigenvalue weighted by Crippen LogP contribution is 2.19. The van der Waals surface area contributed by atoms with Gasteiger partial charge in [-0.25, -0.2) is 0 Å². The SMILES string of the molecule is COc1ccc(CCCC(=O)Nc2cccnc2)cc1C. The molecule has 1 heterocycles. The van der Waals surface area contributed by atoms with Gasteiger partial charge in [-0.1, -0.05) is 12.1 Å². The highest BCUT2D eigenvalue weighted by atomic mass is 16.5. The monoisotopic (exact) mass is 284 g/mol. The quantitative estimate of drug-likeness (QED) is 0.885. The van der Waals surface area contributed by atoms with Gasteiger partial charge in [-0.15, -0.1) is 0 Å². The van der Waals surface area contributed by atoms with Crippen LogP contribution in [0.4, 0.5) is 5.69 Å². The van der Waals surface area contributed by atoms with Crippen molar-refractivity contribution >= 4 is 11.6 Å². The number of hydrogen-bond donors (Lipinski definition) is 1. The van der Waals surface area contributed by atoms with Crippen LogP contribution >= 0.6 is 0 Å². The maximum Gasteiger partial charge on any atom is 0.224 e. The Morgan fingerprint density at radius 2 is 2.19 bits per heavy atom. The summed E-state index contributed by atoms with van der Waals surface area (Å²) in [6.45, 7) is 2.03. The predicted octanol–water partition coefficient (Wildman–Crippen LogP) is 3.36. The minimum absolute atomic E-state index is 0.0215. The number of benzene rings is 1. The van der Waals surface area contributed by atoms with E-state index in [0.29, 0.717) is 6.42 Å². The third-order valence-corrected chi connectivity index (χ3v) is 3.27. The van der Waals surface area contributed by atoms with Crippen molar-refractivity contribution in [1.29, 1.82) is 0 Å². The molecular formula is C17H20N2O2. The molecule has 0 aliphatic heterocycles. The summed E-state index contributed by atoms with van der Waals surface area (Å²) < 4.78 is 5.24. The van der Waals surface area contributed by atoms with Gasteiger partial charge in [0.2, 0.25) is 5.91 Å². The lowest BCUT2D eigenvalue weighted by atomic mass is 10.0. The molecule has 1 aromatic carbocycles. The zero-order valence-electron chi connectivity index (χ0n) is 12.4. The Hall–Kier alpha value is -2.36. The summed E-state index contributed by atoms with van der Waals surface area (Å²) in [6, 6.07) is 9.76. The molecule has 1 aromatic heterocycles. The van der Waals surface area contributed by atoms with Crippen LogP contribution in [0.3, 0.4) is 0 Å². The first-order valence-corrected chi connectivity index (χ1v) is 7.02. The molecule has 0 saturated heterocycles. The van der Waals surface area contributed by atoms with E-state index in [1.165, 1.54) is 5.56 Å². The lowest BCUT2D eigenvalue weighted by molar-refractivity contribution is -0.116. The number of anilines is 1. The number of pyridine rings is 1. The number of carbonyl (C=O) groups is 1. The molecule has 0 fully saturated rings. The molecule has 0 aliphatic carbocycles. The van der Waals surface area contributed by atoms with Gasteiger partial charge in [0.1, 0.15) is 5.75 Å². The van der Waals surface area contributed by atoms with Crippen molar-refractivity contribution in [2.24, 2.45) is 0 Å². The number of methoxy groups -OCH3 is 1. The molecule has 1 N–H and O–H groups in total. The lowest BCUT2D eigenvalue weighted by Crippen LogP contribution is -2.11. The number of hydrogen-bond acceptors (Lipinski definition) is 3. The van der Waals surface area contributed by atoms with E-state index >= 15 is 0 Å². The molecule has 110 valence electrons. The molecule has 21 heavy (non-hydrogen) atoms. The van der Waals surface area contributed by atoms with E-state index in [2.05, 4.69) is 16.4 Å². The summed E-state index contributed by atoms with van der Waals surface area (Å²) in [7, 11) is 1.67. The van der Waals surface area contributed by atoms with Gasteiger partial charge in [0.05, 0.1) is 19.0 Å². The van der Waals surface area contributed by atoms with E-state index in [0.717, 1.165) is 29.8 Å². The molecule has 0 spiro atoms. The standard InChI is InChI=1S/C17H20N2O2/c1-13-11-14(8-9-16(13)21-2)5-3-7-17(20)19-15-6-4-10-18-12-15/h4,6,8-12H,3,5,7H2,1-2H3,(H,19,20). The maximum atomic E-state index is 11.8. The summed E-state index contributed by atoms with van der Waals surface area (Å²) in [6.07, 6.45) is 5.52. The number of carbonyl (C=O) groups excluding carboxylic acids is 1. The number of aryl methyl sites for hydroxylation is 2. The van der Waals surface area contributed by atoms with Crippen molar-refractivity contribution in [3.05, 3.63) is 53.9 Å². The van der Waals surface area contributed by atoms with Gasteiger partial charge in [-0.2, -0.15) is 0 Å². The second kappa shape index (κ2) is 7.43. The third-order valence-electron chi connectivity index (χ3n) is 3.27. The molecular weight excluding hydrogens is 264 g/mol. The van der Waals surface area contributed by atoms with Gasteiger partial charge in [0.15, 0.2) is 0 Å². The molecule has 0 saturated carbocycles. The summed E-state index contributed by atoms with van der Waals surface area (Å²) in [5.41, 5.74) is 3.08. The first-order valence-electron chi connectivity index (χ1n) is 7.02. The Morgan fingerprint density at radius 3 is 2.86 bits per heavy atom. The fourth-order valence-electron chi connectivity index (χ4n) is 2.21. The molecule has 0 aliphatic rings. The average Bonchev–Trinajstić information content (AvgIpc) is 2.48. The number of ether oxygens (including phenoxy) is 1. The third kappa shape index (κ3) is 4.60. The largest absolute Gasteiger partial charge is 0.496 e. The van der Waals surface area contributed by atoms with Crippen LogP contribution in [0.25, 0.3) is 0 Å². The zero-order chi connectivity index (χ0) is 15.1. The van der Waals surface area contributed by atoms with Gasteiger partial charge in [-0.05, 0) is 49.1 Å². The van der Waals surface area contributed by atoms with Crippen LogP contribution in [0.15, 0.2) is 42.7 Å². The molecule has 0 unspecified atom stereocenters.